The summed E-state index contributed by atoms with van der Waals surface area (Å²) in [5.74, 6) is 2.62. The molecule has 1 unspecified atom stereocenters. The first kappa shape index (κ1) is 14.7. The van der Waals surface area contributed by atoms with E-state index in [4.69, 9.17) is 4.74 Å². The molecular formula is C13H24N4O. The monoisotopic (exact) mass is 252 g/mol. The van der Waals surface area contributed by atoms with E-state index in [0.717, 1.165) is 30.4 Å². The number of hydrogen-bond donors (Lipinski definition) is 2. The lowest BCUT2D eigenvalue weighted by Crippen LogP contribution is -2.18. The molecule has 1 rings (SSSR count). The van der Waals surface area contributed by atoms with E-state index in [1.165, 1.54) is 0 Å². The van der Waals surface area contributed by atoms with Gasteiger partial charge in [-0.25, -0.2) is 9.97 Å². The summed E-state index contributed by atoms with van der Waals surface area (Å²) in [6.45, 7) is 8.01. The van der Waals surface area contributed by atoms with Crippen molar-refractivity contribution in [3.8, 4) is 0 Å². The third-order valence-corrected chi connectivity index (χ3v) is 2.77. The van der Waals surface area contributed by atoms with E-state index in [-0.39, 0.29) is 0 Å². The number of anilines is 2. The summed E-state index contributed by atoms with van der Waals surface area (Å²) in [5, 5.41) is 6.50. The summed E-state index contributed by atoms with van der Waals surface area (Å²) in [6.07, 6.45) is 1.58. The second kappa shape index (κ2) is 7.16. The largest absolute Gasteiger partial charge is 0.384 e. The number of methoxy groups -OCH3 is 1. The minimum atomic E-state index is 0.369. The SMILES string of the molecule is CNc1ncnc(NCC(C)COC)c1C(C)C. The van der Waals surface area contributed by atoms with Crippen LogP contribution >= 0.6 is 0 Å². The van der Waals surface area contributed by atoms with Crippen LogP contribution in [0.2, 0.25) is 0 Å². The zero-order valence-electron chi connectivity index (χ0n) is 11.9. The van der Waals surface area contributed by atoms with Crippen LogP contribution in [0, 0.1) is 5.92 Å². The Morgan fingerprint density at radius 1 is 1.22 bits per heavy atom. The van der Waals surface area contributed by atoms with Gasteiger partial charge < -0.3 is 15.4 Å². The predicted octanol–water partition coefficient (Wildman–Crippen LogP) is 2.34. The Balaban J connectivity index is 2.81. The van der Waals surface area contributed by atoms with Gasteiger partial charge in [0.1, 0.15) is 18.0 Å². The molecule has 1 aromatic heterocycles. The molecule has 102 valence electrons. The Kier molecular flexibility index (Phi) is 5.85. The zero-order chi connectivity index (χ0) is 13.5. The predicted molar refractivity (Wildman–Crippen MR) is 75.2 cm³/mol. The van der Waals surface area contributed by atoms with Crippen LogP contribution in [0.25, 0.3) is 0 Å². The maximum absolute atomic E-state index is 5.13. The smallest absolute Gasteiger partial charge is 0.134 e. The standard InChI is InChI=1S/C13H24N4O/c1-9(2)11-12(14-4)16-8-17-13(11)15-6-10(3)7-18-5/h8-10H,6-7H2,1-5H3,(H2,14,15,16,17). The average Bonchev–Trinajstić information content (AvgIpc) is 2.35. The maximum Gasteiger partial charge on any atom is 0.134 e. The first-order valence-electron chi connectivity index (χ1n) is 6.35. The zero-order valence-corrected chi connectivity index (χ0v) is 11.9. The lowest BCUT2D eigenvalue weighted by atomic mass is 10.0. The Bertz CT molecular complexity index is 368. The summed E-state index contributed by atoms with van der Waals surface area (Å²) in [5.41, 5.74) is 1.13. The van der Waals surface area contributed by atoms with Crippen LogP contribution < -0.4 is 10.6 Å². The second-order valence-corrected chi connectivity index (χ2v) is 4.83. The molecule has 0 saturated carbocycles. The van der Waals surface area contributed by atoms with E-state index in [9.17, 15) is 0 Å². The highest BCUT2D eigenvalue weighted by molar-refractivity contribution is 5.58. The van der Waals surface area contributed by atoms with E-state index in [2.05, 4.69) is 41.4 Å². The minimum absolute atomic E-state index is 0.369. The quantitative estimate of drug-likeness (QED) is 0.780. The molecule has 0 spiro atoms. The molecule has 0 fully saturated rings. The third-order valence-electron chi connectivity index (χ3n) is 2.77. The molecule has 2 N–H and O–H groups in total. The normalized spacial score (nSPS) is 12.6. The van der Waals surface area contributed by atoms with Gasteiger partial charge in [0, 0.05) is 26.3 Å². The molecule has 0 saturated heterocycles. The first-order chi connectivity index (χ1) is 8.60. The molecule has 18 heavy (non-hydrogen) atoms. The molecule has 0 aromatic carbocycles. The van der Waals surface area contributed by atoms with Crippen LogP contribution in [0.15, 0.2) is 6.33 Å². The van der Waals surface area contributed by atoms with Gasteiger partial charge in [0.15, 0.2) is 0 Å². The number of ether oxygens (including phenoxy) is 1. The Morgan fingerprint density at radius 2 is 1.89 bits per heavy atom. The van der Waals surface area contributed by atoms with Gasteiger partial charge in [0.05, 0.1) is 6.61 Å². The van der Waals surface area contributed by atoms with Gasteiger partial charge in [0.25, 0.3) is 0 Å². The minimum Gasteiger partial charge on any atom is -0.384 e. The number of rotatable bonds is 7. The molecule has 0 radical (unpaired) electrons. The van der Waals surface area contributed by atoms with E-state index >= 15 is 0 Å². The van der Waals surface area contributed by atoms with Gasteiger partial charge in [-0.1, -0.05) is 20.8 Å². The van der Waals surface area contributed by atoms with Crippen molar-refractivity contribution in [2.24, 2.45) is 5.92 Å². The van der Waals surface area contributed by atoms with Crippen LogP contribution in [0.4, 0.5) is 11.6 Å². The maximum atomic E-state index is 5.13. The molecule has 0 aliphatic heterocycles. The number of hydrogen-bond acceptors (Lipinski definition) is 5. The fourth-order valence-electron chi connectivity index (χ4n) is 1.90. The van der Waals surface area contributed by atoms with Crippen LogP contribution in [0.5, 0.6) is 0 Å². The van der Waals surface area contributed by atoms with Crippen LogP contribution in [-0.4, -0.2) is 37.3 Å². The Labute approximate surface area is 109 Å². The van der Waals surface area contributed by atoms with Crippen molar-refractivity contribution >= 4 is 11.6 Å². The summed E-state index contributed by atoms with van der Waals surface area (Å²) in [6, 6.07) is 0. The van der Waals surface area contributed by atoms with Crippen LogP contribution in [-0.2, 0) is 4.74 Å². The fraction of sp³-hybridized carbons (Fsp3) is 0.692. The molecule has 0 aliphatic rings. The molecule has 0 bridgehead atoms. The summed E-state index contributed by atoms with van der Waals surface area (Å²) in [4.78, 5) is 8.59. The van der Waals surface area contributed by atoms with Crippen molar-refractivity contribution in [1.82, 2.24) is 9.97 Å². The summed E-state index contributed by atoms with van der Waals surface area (Å²) < 4.78 is 5.13. The highest BCUT2D eigenvalue weighted by Gasteiger charge is 2.14. The average molecular weight is 252 g/mol. The van der Waals surface area contributed by atoms with Crippen molar-refractivity contribution in [2.75, 3.05) is 37.9 Å². The number of aromatic nitrogens is 2. The van der Waals surface area contributed by atoms with Crippen LogP contribution in [0.1, 0.15) is 32.3 Å². The van der Waals surface area contributed by atoms with Crippen molar-refractivity contribution in [3.05, 3.63) is 11.9 Å². The van der Waals surface area contributed by atoms with Gasteiger partial charge in [-0.3, -0.25) is 0 Å². The van der Waals surface area contributed by atoms with Gasteiger partial charge in [-0.15, -0.1) is 0 Å². The Hall–Kier alpha value is -1.36. The number of nitrogens with zero attached hydrogens (tertiary/aromatic N) is 2. The van der Waals surface area contributed by atoms with Gasteiger partial charge in [-0.2, -0.15) is 0 Å². The van der Waals surface area contributed by atoms with Gasteiger partial charge in [0.2, 0.25) is 0 Å². The Morgan fingerprint density at radius 3 is 2.44 bits per heavy atom. The second-order valence-electron chi connectivity index (χ2n) is 4.83. The summed E-state index contributed by atoms with van der Waals surface area (Å²) in [7, 11) is 3.60. The number of nitrogens with one attached hydrogen (secondary N) is 2. The van der Waals surface area contributed by atoms with Crippen molar-refractivity contribution in [2.45, 2.75) is 26.7 Å². The molecule has 0 aliphatic carbocycles. The first-order valence-corrected chi connectivity index (χ1v) is 6.35. The molecule has 5 heteroatoms. The molecule has 1 heterocycles. The molecule has 5 nitrogen and oxygen atoms in total. The highest BCUT2D eigenvalue weighted by Crippen LogP contribution is 2.27. The lowest BCUT2D eigenvalue weighted by Gasteiger charge is -2.18. The van der Waals surface area contributed by atoms with Crippen molar-refractivity contribution in [1.29, 1.82) is 0 Å². The lowest BCUT2D eigenvalue weighted by molar-refractivity contribution is 0.164. The fourth-order valence-corrected chi connectivity index (χ4v) is 1.90. The molecule has 1 atom stereocenters. The third kappa shape index (κ3) is 3.84. The van der Waals surface area contributed by atoms with Gasteiger partial charge in [-0.05, 0) is 11.8 Å². The highest BCUT2D eigenvalue weighted by atomic mass is 16.5. The van der Waals surface area contributed by atoms with E-state index < -0.39 is 0 Å². The van der Waals surface area contributed by atoms with E-state index in [1.807, 2.05) is 7.05 Å². The van der Waals surface area contributed by atoms with Crippen LogP contribution in [0.3, 0.4) is 0 Å². The van der Waals surface area contributed by atoms with Crippen molar-refractivity contribution < 1.29 is 4.74 Å². The van der Waals surface area contributed by atoms with Crippen molar-refractivity contribution in [3.63, 3.8) is 0 Å². The molecule has 1 aromatic rings. The van der Waals surface area contributed by atoms with Gasteiger partial charge >= 0.3 is 0 Å². The van der Waals surface area contributed by atoms with E-state index in [1.54, 1.807) is 13.4 Å². The topological polar surface area (TPSA) is 59.1 Å². The van der Waals surface area contributed by atoms with E-state index in [0.29, 0.717) is 11.8 Å². The summed E-state index contributed by atoms with van der Waals surface area (Å²) >= 11 is 0. The molecular weight excluding hydrogens is 228 g/mol. The molecule has 0 amide bonds.